The third kappa shape index (κ3) is 2.28. The van der Waals surface area contributed by atoms with Crippen molar-refractivity contribution in [1.82, 2.24) is 0 Å². The molecule has 2 aromatic rings. The third-order valence-electron chi connectivity index (χ3n) is 2.17. The van der Waals surface area contributed by atoms with E-state index in [1.54, 1.807) is 11.3 Å². The number of anilines is 3. The van der Waals surface area contributed by atoms with E-state index in [9.17, 15) is 0 Å². The average molecular weight is 234 g/mol. The Hall–Kier alpha value is -1.68. The molecule has 0 aliphatic heterocycles. The molecule has 16 heavy (non-hydrogen) atoms. The molecule has 1 aromatic carbocycles. The lowest BCUT2D eigenvalue weighted by Crippen LogP contribution is -2.00. The Morgan fingerprint density at radius 2 is 2.25 bits per heavy atom. The summed E-state index contributed by atoms with van der Waals surface area (Å²) in [5, 5.41) is 7.31. The molecule has 1 aromatic heterocycles. The molecular weight excluding hydrogens is 220 g/mol. The van der Waals surface area contributed by atoms with Gasteiger partial charge in [-0.1, -0.05) is 6.07 Å². The zero-order valence-electron chi connectivity index (χ0n) is 9.07. The van der Waals surface area contributed by atoms with Crippen LogP contribution in [0.15, 0.2) is 35.0 Å². The molecule has 4 heteroatoms. The number of hydrogen-bond donors (Lipinski definition) is 2. The van der Waals surface area contributed by atoms with Crippen molar-refractivity contribution in [3.05, 3.63) is 35.0 Å². The van der Waals surface area contributed by atoms with Crippen LogP contribution < -0.4 is 15.8 Å². The van der Waals surface area contributed by atoms with Gasteiger partial charge in [-0.3, -0.25) is 0 Å². The van der Waals surface area contributed by atoms with E-state index in [0.29, 0.717) is 12.3 Å². The van der Waals surface area contributed by atoms with Crippen molar-refractivity contribution in [1.29, 1.82) is 0 Å². The Kier molecular flexibility index (Phi) is 3.31. The first-order valence-corrected chi connectivity index (χ1v) is 6.06. The van der Waals surface area contributed by atoms with Crippen molar-refractivity contribution in [2.75, 3.05) is 17.7 Å². The highest BCUT2D eigenvalue weighted by Gasteiger charge is 2.05. The minimum Gasteiger partial charge on any atom is -0.492 e. The zero-order chi connectivity index (χ0) is 11.4. The molecule has 0 aliphatic carbocycles. The first-order chi connectivity index (χ1) is 7.81. The van der Waals surface area contributed by atoms with E-state index in [-0.39, 0.29) is 0 Å². The highest BCUT2D eigenvalue weighted by molar-refractivity contribution is 7.08. The van der Waals surface area contributed by atoms with Gasteiger partial charge in [0.05, 0.1) is 18.0 Å². The SMILES string of the molecule is CCOc1cccc(Nc2ccsc2)c1N. The largest absolute Gasteiger partial charge is 0.492 e. The fourth-order valence-electron chi connectivity index (χ4n) is 1.43. The Morgan fingerprint density at radius 3 is 2.94 bits per heavy atom. The van der Waals surface area contributed by atoms with E-state index in [2.05, 4.69) is 5.32 Å². The Morgan fingerprint density at radius 1 is 1.38 bits per heavy atom. The van der Waals surface area contributed by atoms with Crippen molar-refractivity contribution in [2.24, 2.45) is 0 Å². The molecule has 0 unspecified atom stereocenters. The van der Waals surface area contributed by atoms with Crippen molar-refractivity contribution in [3.63, 3.8) is 0 Å². The van der Waals surface area contributed by atoms with Gasteiger partial charge >= 0.3 is 0 Å². The van der Waals surface area contributed by atoms with Gasteiger partial charge in [0.25, 0.3) is 0 Å². The van der Waals surface area contributed by atoms with Crippen molar-refractivity contribution in [3.8, 4) is 5.75 Å². The van der Waals surface area contributed by atoms with Crippen LogP contribution in [0.1, 0.15) is 6.92 Å². The maximum absolute atomic E-state index is 6.00. The van der Waals surface area contributed by atoms with Gasteiger partial charge in [-0.25, -0.2) is 0 Å². The van der Waals surface area contributed by atoms with Gasteiger partial charge in [0, 0.05) is 11.1 Å². The number of nitrogens with two attached hydrogens (primary N) is 1. The number of para-hydroxylation sites is 1. The van der Waals surface area contributed by atoms with Crippen LogP contribution in [0.4, 0.5) is 17.1 Å². The lowest BCUT2D eigenvalue weighted by Gasteiger charge is -2.12. The summed E-state index contributed by atoms with van der Waals surface area (Å²) in [6.07, 6.45) is 0. The number of thiophene rings is 1. The summed E-state index contributed by atoms with van der Waals surface area (Å²) in [4.78, 5) is 0. The van der Waals surface area contributed by atoms with E-state index in [1.165, 1.54) is 0 Å². The van der Waals surface area contributed by atoms with E-state index in [0.717, 1.165) is 17.1 Å². The fourth-order valence-corrected chi connectivity index (χ4v) is 2.01. The van der Waals surface area contributed by atoms with Crippen LogP contribution >= 0.6 is 11.3 Å². The van der Waals surface area contributed by atoms with Crippen LogP contribution in [0.5, 0.6) is 5.75 Å². The summed E-state index contributed by atoms with van der Waals surface area (Å²) in [5.41, 5.74) is 8.58. The predicted octanol–water partition coefficient (Wildman–Crippen LogP) is 3.47. The minimum absolute atomic E-state index is 0.617. The Bertz CT molecular complexity index is 454. The standard InChI is InChI=1S/C12H14N2OS/c1-2-15-11-5-3-4-10(12(11)13)14-9-6-7-16-8-9/h3-8,14H,2,13H2,1H3. The van der Waals surface area contributed by atoms with Crippen LogP contribution in [-0.4, -0.2) is 6.61 Å². The molecule has 0 amide bonds. The quantitative estimate of drug-likeness (QED) is 0.796. The Labute approximate surface area is 98.9 Å². The molecule has 0 saturated carbocycles. The highest BCUT2D eigenvalue weighted by atomic mass is 32.1. The summed E-state index contributed by atoms with van der Waals surface area (Å²) in [7, 11) is 0. The van der Waals surface area contributed by atoms with Crippen molar-refractivity contribution in [2.45, 2.75) is 6.92 Å². The summed E-state index contributed by atoms with van der Waals surface area (Å²) in [5.74, 6) is 0.725. The summed E-state index contributed by atoms with van der Waals surface area (Å²) < 4.78 is 5.43. The molecule has 0 spiro atoms. The second kappa shape index (κ2) is 4.90. The van der Waals surface area contributed by atoms with E-state index in [4.69, 9.17) is 10.5 Å². The smallest absolute Gasteiger partial charge is 0.144 e. The first kappa shape index (κ1) is 10.8. The third-order valence-corrected chi connectivity index (χ3v) is 2.85. The van der Waals surface area contributed by atoms with Gasteiger partial charge in [-0.05, 0) is 30.5 Å². The van der Waals surface area contributed by atoms with Crippen LogP contribution in [0.3, 0.4) is 0 Å². The fraction of sp³-hybridized carbons (Fsp3) is 0.167. The van der Waals surface area contributed by atoms with Gasteiger partial charge in [-0.2, -0.15) is 11.3 Å². The van der Waals surface area contributed by atoms with Crippen LogP contribution in [-0.2, 0) is 0 Å². The lowest BCUT2D eigenvalue weighted by atomic mass is 10.2. The molecule has 0 atom stereocenters. The topological polar surface area (TPSA) is 47.3 Å². The van der Waals surface area contributed by atoms with Gasteiger partial charge < -0.3 is 15.8 Å². The lowest BCUT2D eigenvalue weighted by molar-refractivity contribution is 0.342. The predicted molar refractivity (Wildman–Crippen MR) is 69.6 cm³/mol. The number of nitrogens with one attached hydrogen (secondary N) is 1. The molecule has 3 N–H and O–H groups in total. The number of hydrogen-bond acceptors (Lipinski definition) is 4. The second-order valence-corrected chi connectivity index (χ2v) is 4.07. The molecule has 0 saturated heterocycles. The minimum atomic E-state index is 0.617. The zero-order valence-corrected chi connectivity index (χ0v) is 9.88. The van der Waals surface area contributed by atoms with E-state index in [1.807, 2.05) is 41.9 Å². The summed E-state index contributed by atoms with van der Waals surface area (Å²) in [6, 6.07) is 7.75. The molecule has 2 rings (SSSR count). The van der Waals surface area contributed by atoms with Crippen LogP contribution in [0.2, 0.25) is 0 Å². The molecule has 0 radical (unpaired) electrons. The number of benzene rings is 1. The molecule has 0 fully saturated rings. The van der Waals surface area contributed by atoms with Gasteiger partial charge in [0.2, 0.25) is 0 Å². The van der Waals surface area contributed by atoms with Crippen molar-refractivity contribution >= 4 is 28.4 Å². The molecule has 1 heterocycles. The molecular formula is C12H14N2OS. The van der Waals surface area contributed by atoms with Gasteiger partial charge in [-0.15, -0.1) is 0 Å². The summed E-state index contributed by atoms with van der Waals surface area (Å²) >= 11 is 1.64. The number of ether oxygens (including phenoxy) is 1. The molecule has 0 bridgehead atoms. The monoisotopic (exact) mass is 234 g/mol. The van der Waals surface area contributed by atoms with E-state index < -0.39 is 0 Å². The molecule has 0 aliphatic rings. The average Bonchev–Trinajstić information content (AvgIpc) is 2.77. The maximum atomic E-state index is 6.00. The normalized spacial score (nSPS) is 10.1. The maximum Gasteiger partial charge on any atom is 0.144 e. The molecule has 3 nitrogen and oxygen atoms in total. The highest BCUT2D eigenvalue weighted by Crippen LogP contribution is 2.31. The Balaban J connectivity index is 2.24. The molecule has 84 valence electrons. The summed E-state index contributed by atoms with van der Waals surface area (Å²) in [6.45, 7) is 2.56. The van der Waals surface area contributed by atoms with Crippen LogP contribution in [0, 0.1) is 0 Å². The van der Waals surface area contributed by atoms with Gasteiger partial charge in [0.1, 0.15) is 5.75 Å². The number of rotatable bonds is 4. The van der Waals surface area contributed by atoms with E-state index >= 15 is 0 Å². The first-order valence-electron chi connectivity index (χ1n) is 5.11. The second-order valence-electron chi connectivity index (χ2n) is 3.29. The van der Waals surface area contributed by atoms with Crippen molar-refractivity contribution < 1.29 is 4.74 Å². The number of nitrogen functional groups attached to an aromatic ring is 1. The van der Waals surface area contributed by atoms with Crippen LogP contribution in [0.25, 0.3) is 0 Å². The van der Waals surface area contributed by atoms with Gasteiger partial charge in [0.15, 0.2) is 0 Å².